The smallest absolute Gasteiger partial charge is 0.338 e. The molecular weight excluding hydrogens is 716 g/mol. The molecule has 4 heterocycles. The second kappa shape index (κ2) is 15.3. The highest BCUT2D eigenvalue weighted by molar-refractivity contribution is 5.97. The van der Waals surface area contributed by atoms with Gasteiger partial charge in [0.1, 0.15) is 60.7 Å². The van der Waals surface area contributed by atoms with Gasteiger partial charge in [0.15, 0.2) is 18.0 Å². The van der Waals surface area contributed by atoms with Crippen molar-refractivity contribution < 1.29 is 98.6 Å². The zero-order chi connectivity index (χ0) is 38.6. The maximum atomic E-state index is 13.8. The van der Waals surface area contributed by atoms with Crippen molar-refractivity contribution in [1.29, 1.82) is 0 Å². The first-order chi connectivity index (χ1) is 25.0. The molecule has 4 saturated heterocycles. The van der Waals surface area contributed by atoms with Crippen molar-refractivity contribution in [2.45, 2.75) is 117 Å². The second-order valence-corrected chi connectivity index (χ2v) is 14.1. The Balaban J connectivity index is 1.16. The van der Waals surface area contributed by atoms with Gasteiger partial charge in [-0.2, -0.15) is 0 Å². The minimum absolute atomic E-state index is 0.0697. The molecule has 20 heteroatoms. The Morgan fingerprint density at radius 1 is 0.849 bits per heavy atom. The van der Waals surface area contributed by atoms with Gasteiger partial charge >= 0.3 is 11.9 Å². The van der Waals surface area contributed by atoms with E-state index in [0.29, 0.717) is 0 Å². The number of rotatable bonds is 8. The zero-order valence-corrected chi connectivity index (χ0v) is 28.3. The number of esters is 2. The Kier molecular flexibility index (Phi) is 11.5. The number of carbonyl (C=O) groups excluding carboxylic acids is 3. The summed E-state index contributed by atoms with van der Waals surface area (Å²) in [4.78, 5) is 40.3. The van der Waals surface area contributed by atoms with E-state index in [0.717, 1.165) is 0 Å². The van der Waals surface area contributed by atoms with Gasteiger partial charge in [0.05, 0.1) is 37.4 Å². The highest BCUT2D eigenvalue weighted by Gasteiger charge is 2.71. The fourth-order valence-electron chi connectivity index (χ4n) is 7.36. The van der Waals surface area contributed by atoms with E-state index in [1.165, 1.54) is 24.3 Å². The van der Waals surface area contributed by atoms with Gasteiger partial charge in [0.25, 0.3) is 0 Å². The van der Waals surface area contributed by atoms with Crippen molar-refractivity contribution in [3.05, 3.63) is 29.8 Å². The summed E-state index contributed by atoms with van der Waals surface area (Å²) >= 11 is 0. The number of ether oxygens (including phenoxy) is 7. The maximum Gasteiger partial charge on any atom is 0.338 e. The third-order valence-corrected chi connectivity index (χ3v) is 10.6. The van der Waals surface area contributed by atoms with Crippen molar-refractivity contribution in [1.82, 2.24) is 0 Å². The molecule has 20 nitrogen and oxygen atoms in total. The van der Waals surface area contributed by atoms with E-state index in [-0.39, 0.29) is 24.3 Å². The number of carbonyl (C=O) groups is 3. The second-order valence-electron chi connectivity index (χ2n) is 14.1. The van der Waals surface area contributed by atoms with Crippen LogP contribution in [0, 0.1) is 11.8 Å². The molecular formula is C33H44O20. The third kappa shape index (κ3) is 7.18. The van der Waals surface area contributed by atoms with Crippen molar-refractivity contribution >= 4 is 17.7 Å². The average Bonchev–Trinajstić information content (AvgIpc) is 3.35. The molecule has 1 aromatic rings. The molecule has 0 radical (unpaired) electrons. The number of fused-ring (bicyclic) bond motifs is 1. The van der Waals surface area contributed by atoms with E-state index in [1.54, 1.807) is 6.92 Å². The first kappa shape index (κ1) is 39.8. The van der Waals surface area contributed by atoms with Gasteiger partial charge in [-0.1, -0.05) is 6.92 Å². The van der Waals surface area contributed by atoms with Crippen LogP contribution in [-0.4, -0.2) is 180 Å². The highest BCUT2D eigenvalue weighted by atomic mass is 16.8. The Labute approximate surface area is 300 Å². The number of phenols is 1. The normalized spacial score (nSPS) is 45.8. The van der Waals surface area contributed by atoms with Crippen LogP contribution in [0.25, 0.3) is 0 Å². The molecule has 1 aliphatic carbocycles. The van der Waals surface area contributed by atoms with Crippen LogP contribution in [-0.2, 0) is 42.7 Å². The van der Waals surface area contributed by atoms with E-state index in [9.17, 15) is 65.4 Å². The summed E-state index contributed by atoms with van der Waals surface area (Å²) in [5, 5.41) is 104. The minimum Gasteiger partial charge on any atom is -0.508 e. The average molecular weight is 761 g/mol. The predicted octanol–water partition coefficient (Wildman–Crippen LogP) is -4.69. The number of hydrogen-bond acceptors (Lipinski definition) is 20. The van der Waals surface area contributed by atoms with Crippen LogP contribution in [0.4, 0.5) is 0 Å². The van der Waals surface area contributed by atoms with Gasteiger partial charge in [0, 0.05) is 12.3 Å². The van der Waals surface area contributed by atoms with E-state index >= 15 is 0 Å². The van der Waals surface area contributed by atoms with Gasteiger partial charge in [-0.25, -0.2) is 4.79 Å². The molecule has 1 saturated carbocycles. The number of hydrogen-bond donors (Lipinski definition) is 10. The fraction of sp³-hybridized carbons (Fsp3) is 0.727. The van der Waals surface area contributed by atoms with Crippen LogP contribution in [0.3, 0.4) is 0 Å². The number of Topliss-reactive ketones (excluding diaryl/α,β-unsaturated/α-hetero) is 1. The molecule has 0 bridgehead atoms. The molecule has 53 heavy (non-hydrogen) atoms. The molecule has 17 atom stereocenters. The zero-order valence-electron chi connectivity index (χ0n) is 28.3. The van der Waals surface area contributed by atoms with E-state index in [2.05, 4.69) is 0 Å². The van der Waals surface area contributed by atoms with E-state index < -0.39 is 147 Å². The van der Waals surface area contributed by atoms with Gasteiger partial charge in [-0.3, -0.25) is 9.59 Å². The van der Waals surface area contributed by atoms with Crippen LogP contribution < -0.4 is 0 Å². The topological polar surface area (TPSA) is 318 Å². The van der Waals surface area contributed by atoms with Crippen LogP contribution >= 0.6 is 0 Å². The quantitative estimate of drug-likeness (QED) is 0.111. The van der Waals surface area contributed by atoms with E-state index in [4.69, 9.17) is 33.2 Å². The van der Waals surface area contributed by atoms with Gasteiger partial charge in [0.2, 0.25) is 17.9 Å². The Bertz CT molecular complexity index is 1490. The first-order valence-corrected chi connectivity index (χ1v) is 17.1. The molecule has 0 amide bonds. The summed E-state index contributed by atoms with van der Waals surface area (Å²) in [5.74, 6) is -6.92. The highest BCUT2D eigenvalue weighted by Crippen LogP contribution is 2.50. The number of benzene rings is 1. The molecule has 10 N–H and O–H groups in total. The number of phenolic OH excluding ortho intramolecular Hbond substituents is 1. The minimum atomic E-state index is -2.55. The van der Waals surface area contributed by atoms with Crippen LogP contribution in [0.15, 0.2) is 24.3 Å². The van der Waals surface area contributed by atoms with Crippen LogP contribution in [0.2, 0.25) is 0 Å². The van der Waals surface area contributed by atoms with Crippen molar-refractivity contribution in [2.75, 3.05) is 19.8 Å². The SMILES string of the molecule is C[C@@H]1CO[C@@]2(C[C@@H]1OC(=O)c1ccc(O)cc1)O[C@@H]1C[C@H](C(=O)O[C@@H]3O[C@H](CO)[C@@H](O)[C@H](O)[C@H]3O[C@@H]3O[C@H](CO)[C@@H](O)[C@H](O)[C@H]3O)C[C@H](O)[C@]1(O)C2=O. The Morgan fingerprint density at radius 3 is 2.11 bits per heavy atom. The van der Waals surface area contributed by atoms with E-state index in [1.807, 2.05) is 0 Å². The lowest BCUT2D eigenvalue weighted by Gasteiger charge is -2.46. The summed E-state index contributed by atoms with van der Waals surface area (Å²) in [6.45, 7) is -0.138. The van der Waals surface area contributed by atoms with Crippen LogP contribution in [0.1, 0.15) is 36.5 Å². The Hall–Kier alpha value is -2.93. The summed E-state index contributed by atoms with van der Waals surface area (Å²) in [5.41, 5.74) is -2.44. The molecule has 5 fully saturated rings. The molecule has 0 aromatic heterocycles. The molecule has 5 aliphatic rings. The van der Waals surface area contributed by atoms with Crippen molar-refractivity contribution in [2.24, 2.45) is 11.8 Å². The van der Waals surface area contributed by atoms with Gasteiger partial charge in [-0.15, -0.1) is 0 Å². The van der Waals surface area contributed by atoms with Gasteiger partial charge < -0.3 is 84.2 Å². The number of aliphatic hydroxyl groups is 9. The fourth-order valence-corrected chi connectivity index (χ4v) is 7.36. The standard InChI is InChI=1S/C33H44O20/c1-12-11-47-32(8-16(12)48-27(43)13-2-4-15(36)5-3-13)31(45)33(46)19(37)6-14(7-20(33)53-32)28(44)52-30-26(24(41)22(39)18(10-35)50-30)51-29-25(42)23(40)21(38)17(9-34)49-29/h2-5,12,14,16-26,29-30,34-42,46H,6-11H2,1H3/t12-,14-,16+,17-,18-,19+,20-,21-,22-,23+,24+,25-,26-,29+,30+,32+,33-/m1/s1. The number of ketones is 1. The van der Waals surface area contributed by atoms with Gasteiger partial charge in [-0.05, 0) is 37.1 Å². The maximum absolute atomic E-state index is 13.8. The number of aliphatic hydroxyl groups excluding tert-OH is 8. The lowest BCUT2D eigenvalue weighted by Crippen LogP contribution is -2.65. The largest absolute Gasteiger partial charge is 0.508 e. The third-order valence-electron chi connectivity index (χ3n) is 10.6. The van der Waals surface area contributed by atoms with Crippen molar-refractivity contribution in [3.8, 4) is 5.75 Å². The molecule has 6 rings (SSSR count). The summed E-state index contributed by atoms with van der Waals surface area (Å²) in [6, 6.07) is 5.28. The first-order valence-electron chi connectivity index (χ1n) is 17.1. The Morgan fingerprint density at radius 2 is 1.47 bits per heavy atom. The van der Waals surface area contributed by atoms with Crippen molar-refractivity contribution in [3.63, 3.8) is 0 Å². The number of aromatic hydroxyl groups is 1. The summed E-state index contributed by atoms with van der Waals surface area (Å²) in [6.07, 6.45) is -23.7. The molecule has 4 aliphatic heterocycles. The summed E-state index contributed by atoms with van der Waals surface area (Å²) in [7, 11) is 0. The molecule has 296 valence electrons. The monoisotopic (exact) mass is 760 g/mol. The lowest BCUT2D eigenvalue weighted by molar-refractivity contribution is -0.363. The predicted molar refractivity (Wildman–Crippen MR) is 166 cm³/mol. The molecule has 1 spiro atoms. The lowest BCUT2D eigenvalue weighted by atomic mass is 9.72. The van der Waals surface area contributed by atoms with Crippen LogP contribution in [0.5, 0.6) is 5.75 Å². The summed E-state index contributed by atoms with van der Waals surface area (Å²) < 4.78 is 39.3. The molecule has 0 unspecified atom stereocenters. The molecule has 1 aromatic carbocycles.